The molecule has 4 atom stereocenters. The molecule has 29 heavy (non-hydrogen) atoms. The Morgan fingerprint density at radius 3 is 2.72 bits per heavy atom. The number of hydrogen-bond acceptors (Lipinski definition) is 4. The van der Waals surface area contributed by atoms with Crippen LogP contribution in [0.15, 0.2) is 30.6 Å². The Hall–Kier alpha value is -2.34. The number of aryl methyl sites for hydroxylation is 1. The maximum absolute atomic E-state index is 13.0. The maximum atomic E-state index is 13.0. The molecule has 0 aliphatic carbocycles. The summed E-state index contributed by atoms with van der Waals surface area (Å²) >= 11 is 0. The first-order valence-corrected chi connectivity index (χ1v) is 10.8. The average molecular weight is 395 g/mol. The van der Waals surface area contributed by atoms with Crippen LogP contribution in [0.1, 0.15) is 53.5 Å². The summed E-state index contributed by atoms with van der Waals surface area (Å²) < 4.78 is 5.34. The van der Waals surface area contributed by atoms with Gasteiger partial charge in [-0.05, 0) is 62.1 Å². The topological polar surface area (TPSA) is 61.5 Å². The molecule has 2 aromatic rings. The van der Waals surface area contributed by atoms with E-state index in [1.165, 1.54) is 31.2 Å². The molecule has 154 valence electrons. The number of rotatable bonds is 3. The van der Waals surface area contributed by atoms with Gasteiger partial charge in [0.2, 0.25) is 0 Å². The zero-order valence-electron chi connectivity index (χ0n) is 17.3. The van der Waals surface area contributed by atoms with Crippen LogP contribution in [0.2, 0.25) is 0 Å². The van der Waals surface area contributed by atoms with Crippen molar-refractivity contribution in [3.05, 3.63) is 47.5 Å². The number of ether oxygens (including phenoxy) is 1. The molecule has 0 saturated carbocycles. The lowest BCUT2D eigenvalue weighted by molar-refractivity contribution is -0.0512. The third kappa shape index (κ3) is 3.33. The molecule has 3 saturated heterocycles. The van der Waals surface area contributed by atoms with Gasteiger partial charge in [-0.25, -0.2) is 4.98 Å². The van der Waals surface area contributed by atoms with Crippen molar-refractivity contribution in [1.29, 1.82) is 0 Å². The fourth-order valence-electron chi connectivity index (χ4n) is 5.88. The highest BCUT2D eigenvalue weighted by Crippen LogP contribution is 2.44. The van der Waals surface area contributed by atoms with Gasteiger partial charge in [-0.15, -0.1) is 0 Å². The number of nitrogens with one attached hydrogen (secondary N) is 1. The van der Waals surface area contributed by atoms with E-state index in [9.17, 15) is 4.79 Å². The van der Waals surface area contributed by atoms with Gasteiger partial charge in [0.15, 0.2) is 0 Å². The molecular weight excluding hydrogens is 364 g/mol. The van der Waals surface area contributed by atoms with Crippen LogP contribution in [0.25, 0.3) is 0 Å². The highest BCUT2D eigenvalue weighted by atomic mass is 16.5. The summed E-state index contributed by atoms with van der Waals surface area (Å²) in [5.74, 6) is 2.12. The molecule has 1 aromatic heterocycles. The molecule has 2 bridgehead atoms. The Balaban J connectivity index is 1.35. The number of benzene rings is 1. The lowest BCUT2D eigenvalue weighted by Crippen LogP contribution is -2.60. The van der Waals surface area contributed by atoms with Crippen LogP contribution in [0.5, 0.6) is 5.75 Å². The van der Waals surface area contributed by atoms with Crippen molar-refractivity contribution >= 4 is 5.91 Å². The summed E-state index contributed by atoms with van der Waals surface area (Å²) in [6.07, 6.45) is 6.59. The minimum atomic E-state index is 0.0920. The number of aromatic nitrogens is 2. The van der Waals surface area contributed by atoms with E-state index in [0.29, 0.717) is 29.6 Å². The first-order valence-electron chi connectivity index (χ1n) is 10.8. The Morgan fingerprint density at radius 2 is 2.00 bits per heavy atom. The van der Waals surface area contributed by atoms with E-state index in [1.807, 2.05) is 6.92 Å². The van der Waals surface area contributed by atoms with E-state index >= 15 is 0 Å². The number of nitrogens with zero attached hydrogens (tertiary/aromatic N) is 3. The van der Waals surface area contributed by atoms with Gasteiger partial charge in [0.05, 0.1) is 13.4 Å². The SMILES string of the molecule is COc1ccc([C@H]2CCC[C@H]3[C@@H]4C[C@@H](CN(C(=O)c5nc[nH]c5C)C4)CN23)cc1. The quantitative estimate of drug-likeness (QED) is 0.867. The van der Waals surface area contributed by atoms with E-state index in [0.717, 1.165) is 31.1 Å². The number of H-pyrrole nitrogens is 1. The largest absolute Gasteiger partial charge is 0.497 e. The molecule has 0 radical (unpaired) electrons. The molecule has 5 rings (SSSR count). The van der Waals surface area contributed by atoms with Crippen molar-refractivity contribution in [2.75, 3.05) is 26.7 Å². The standard InChI is InChI=1S/C23H30N4O2/c1-15-22(25-14-24-15)23(28)26-11-16-10-18(13-26)21-5-3-4-20(27(21)12-16)17-6-8-19(29-2)9-7-17/h6-9,14,16,18,20-21H,3-5,10-13H2,1-2H3,(H,24,25)/t16-,18+,20+,21-/m0/s1. The average Bonchev–Trinajstić information content (AvgIpc) is 3.18. The van der Waals surface area contributed by atoms with E-state index in [1.54, 1.807) is 13.4 Å². The van der Waals surface area contributed by atoms with Gasteiger partial charge in [-0.2, -0.15) is 0 Å². The van der Waals surface area contributed by atoms with Crippen molar-refractivity contribution in [3.63, 3.8) is 0 Å². The number of aromatic amines is 1. The van der Waals surface area contributed by atoms with Crippen LogP contribution in [-0.4, -0.2) is 58.5 Å². The molecule has 0 unspecified atom stereocenters. The van der Waals surface area contributed by atoms with Crippen molar-refractivity contribution in [3.8, 4) is 5.75 Å². The van der Waals surface area contributed by atoms with Crippen molar-refractivity contribution in [2.45, 2.75) is 44.7 Å². The molecule has 1 N–H and O–H groups in total. The monoisotopic (exact) mass is 394 g/mol. The number of piperidine rings is 3. The van der Waals surface area contributed by atoms with Crippen LogP contribution < -0.4 is 4.74 Å². The first kappa shape index (κ1) is 18.7. The highest BCUT2D eigenvalue weighted by Gasteiger charge is 2.46. The van der Waals surface area contributed by atoms with E-state index in [4.69, 9.17) is 4.74 Å². The molecule has 1 amide bonds. The molecule has 3 aliphatic rings. The van der Waals surface area contributed by atoms with E-state index < -0.39 is 0 Å². The number of imidazole rings is 1. The van der Waals surface area contributed by atoms with Gasteiger partial charge in [0.1, 0.15) is 11.4 Å². The lowest BCUT2D eigenvalue weighted by Gasteiger charge is -2.55. The highest BCUT2D eigenvalue weighted by molar-refractivity contribution is 5.93. The van der Waals surface area contributed by atoms with Crippen molar-refractivity contribution < 1.29 is 9.53 Å². The van der Waals surface area contributed by atoms with E-state index in [2.05, 4.69) is 44.0 Å². The molecule has 3 aliphatic heterocycles. The predicted octanol–water partition coefficient (Wildman–Crippen LogP) is 3.41. The molecule has 6 nitrogen and oxygen atoms in total. The van der Waals surface area contributed by atoms with Crippen LogP contribution in [0, 0.1) is 18.8 Å². The van der Waals surface area contributed by atoms with Crippen molar-refractivity contribution in [1.82, 2.24) is 19.8 Å². The second-order valence-electron chi connectivity index (χ2n) is 8.93. The summed E-state index contributed by atoms with van der Waals surface area (Å²) in [5, 5.41) is 0. The molecule has 1 aromatic carbocycles. The normalized spacial score (nSPS) is 29.4. The second-order valence-corrected chi connectivity index (χ2v) is 8.93. The summed E-state index contributed by atoms with van der Waals surface area (Å²) in [6.45, 7) is 4.72. The molecular formula is C23H30N4O2. The molecule has 0 spiro atoms. The maximum Gasteiger partial charge on any atom is 0.274 e. The van der Waals surface area contributed by atoms with Gasteiger partial charge in [-0.3, -0.25) is 9.69 Å². The van der Waals surface area contributed by atoms with Gasteiger partial charge in [-0.1, -0.05) is 12.1 Å². The van der Waals surface area contributed by atoms with Crippen LogP contribution in [-0.2, 0) is 0 Å². The Labute approximate surface area is 172 Å². The number of amides is 1. The predicted molar refractivity (Wildman–Crippen MR) is 111 cm³/mol. The van der Waals surface area contributed by atoms with Gasteiger partial charge < -0.3 is 14.6 Å². The number of carbonyl (C=O) groups is 1. The van der Waals surface area contributed by atoms with Crippen LogP contribution >= 0.6 is 0 Å². The Morgan fingerprint density at radius 1 is 1.17 bits per heavy atom. The third-order valence-corrected chi connectivity index (χ3v) is 7.21. The van der Waals surface area contributed by atoms with Gasteiger partial charge in [0.25, 0.3) is 5.91 Å². The summed E-state index contributed by atoms with van der Waals surface area (Å²) in [7, 11) is 1.72. The number of fused-ring (bicyclic) bond motifs is 4. The lowest BCUT2D eigenvalue weighted by atomic mass is 9.74. The molecule has 6 heteroatoms. The minimum Gasteiger partial charge on any atom is -0.497 e. The van der Waals surface area contributed by atoms with Gasteiger partial charge >= 0.3 is 0 Å². The van der Waals surface area contributed by atoms with Crippen LogP contribution in [0.3, 0.4) is 0 Å². The Bertz CT molecular complexity index is 877. The first-order chi connectivity index (χ1) is 14.1. The molecule has 3 fully saturated rings. The number of carbonyl (C=O) groups excluding carboxylic acids is 1. The third-order valence-electron chi connectivity index (χ3n) is 7.21. The summed E-state index contributed by atoms with van der Waals surface area (Å²) in [5.41, 5.74) is 2.85. The zero-order chi connectivity index (χ0) is 20.0. The second kappa shape index (κ2) is 7.48. The fraction of sp³-hybridized carbons (Fsp3) is 0.565. The minimum absolute atomic E-state index is 0.0920. The Kier molecular flexibility index (Phi) is 4.82. The summed E-state index contributed by atoms with van der Waals surface area (Å²) in [4.78, 5) is 25.2. The zero-order valence-corrected chi connectivity index (χ0v) is 17.3. The molecule has 4 heterocycles. The van der Waals surface area contributed by atoms with E-state index in [-0.39, 0.29) is 5.91 Å². The fourth-order valence-corrected chi connectivity index (χ4v) is 5.88. The smallest absolute Gasteiger partial charge is 0.274 e. The van der Waals surface area contributed by atoms with Gasteiger partial charge in [0, 0.05) is 37.4 Å². The van der Waals surface area contributed by atoms with Crippen molar-refractivity contribution in [2.24, 2.45) is 11.8 Å². The summed E-state index contributed by atoms with van der Waals surface area (Å²) in [6, 6.07) is 9.68. The van der Waals surface area contributed by atoms with Crippen LogP contribution in [0.4, 0.5) is 0 Å². The number of methoxy groups -OCH3 is 1. The number of hydrogen-bond donors (Lipinski definition) is 1. The number of likely N-dealkylation sites (tertiary alicyclic amines) is 1.